The Labute approximate surface area is 326 Å². The maximum Gasteiger partial charge on any atom is 0.408 e. The van der Waals surface area contributed by atoms with Crippen LogP contribution in [0.2, 0.25) is 0 Å². The number of hydrogen-bond acceptors (Lipinski definition) is 11. The first-order chi connectivity index (χ1) is 26.5. The van der Waals surface area contributed by atoms with Crippen LogP contribution in [0.5, 0.6) is 11.6 Å². The number of nitrogens with zero attached hydrogens (tertiary/aromatic N) is 2. The van der Waals surface area contributed by atoms with Gasteiger partial charge in [0.25, 0.3) is 5.91 Å². The molecule has 0 bridgehead atoms. The van der Waals surface area contributed by atoms with Crippen LogP contribution in [-0.2, 0) is 40.5 Å². The van der Waals surface area contributed by atoms with Crippen LogP contribution in [-0.4, -0.2) is 96.5 Å². The molecule has 3 fully saturated rings. The Morgan fingerprint density at radius 1 is 1.09 bits per heavy atom. The average molecular weight is 792 g/mol. The van der Waals surface area contributed by atoms with Gasteiger partial charge in [0.05, 0.1) is 31.6 Å². The largest absolute Gasteiger partial charge is 0.497 e. The molecule has 0 spiro atoms. The second kappa shape index (κ2) is 16.1. The molecular weight excluding hydrogens is 743 g/mol. The molecule has 6 rings (SSSR count). The van der Waals surface area contributed by atoms with Crippen molar-refractivity contribution in [2.45, 2.75) is 101 Å². The molecular formula is C40H49N5O10S. The van der Waals surface area contributed by atoms with Gasteiger partial charge in [0.2, 0.25) is 27.7 Å². The number of hydrogen-bond donors (Lipinski definition) is 3. The summed E-state index contributed by atoms with van der Waals surface area (Å²) in [6.07, 6.45) is 1.49. The fourth-order valence-corrected chi connectivity index (χ4v) is 8.16. The molecule has 1 aromatic heterocycles. The first-order valence-electron chi connectivity index (χ1n) is 18.6. The number of alkyl carbamates (subject to hydrolysis) is 1. The number of aromatic nitrogens is 1. The summed E-state index contributed by atoms with van der Waals surface area (Å²) >= 11 is 0. The summed E-state index contributed by atoms with van der Waals surface area (Å²) in [4.78, 5) is 61.6. The third-order valence-corrected chi connectivity index (χ3v) is 11.9. The van der Waals surface area contributed by atoms with E-state index < -0.39 is 80.4 Å². The van der Waals surface area contributed by atoms with E-state index in [1.54, 1.807) is 59.2 Å². The number of pyridine rings is 1. The fraction of sp³-hybridized carbons (Fsp3) is 0.475. The maximum atomic E-state index is 14.7. The lowest BCUT2D eigenvalue weighted by Crippen LogP contribution is -2.60. The summed E-state index contributed by atoms with van der Waals surface area (Å²) in [5.41, 5.74) is -1.64. The summed E-state index contributed by atoms with van der Waals surface area (Å²) in [6, 6.07) is 13.9. The SMILES string of the molecule is C=CC1CC1(NC(=O)C1CC(Oc2nccc3cc(OC)ccc23)CN1C(=O)C(NC(=O)OC(C)(C)C)C(C)OCc1ccccc1)C(=O)NS(=O)(=O)C1CC1. The van der Waals surface area contributed by atoms with Crippen LogP contribution in [0.1, 0.15) is 58.9 Å². The molecule has 2 aromatic carbocycles. The van der Waals surface area contributed by atoms with E-state index in [1.807, 2.05) is 36.4 Å². The highest BCUT2D eigenvalue weighted by molar-refractivity contribution is 7.91. The van der Waals surface area contributed by atoms with Crippen molar-refractivity contribution in [2.24, 2.45) is 5.92 Å². The number of benzene rings is 2. The molecule has 2 aliphatic carbocycles. The molecule has 6 unspecified atom stereocenters. The van der Waals surface area contributed by atoms with Gasteiger partial charge in [0, 0.05) is 23.9 Å². The molecule has 56 heavy (non-hydrogen) atoms. The molecule has 3 aromatic rings. The van der Waals surface area contributed by atoms with Gasteiger partial charge in [-0.25, -0.2) is 18.2 Å². The first kappa shape index (κ1) is 40.4. The normalized spacial score (nSPS) is 23.0. The van der Waals surface area contributed by atoms with Crippen LogP contribution >= 0.6 is 0 Å². The number of rotatable bonds is 15. The van der Waals surface area contributed by atoms with Crippen LogP contribution in [0.25, 0.3) is 10.8 Å². The zero-order chi connectivity index (χ0) is 40.4. The lowest BCUT2D eigenvalue weighted by atomic mass is 10.1. The van der Waals surface area contributed by atoms with Gasteiger partial charge < -0.3 is 34.5 Å². The Hall–Kier alpha value is -5.22. The molecule has 3 aliphatic rings. The minimum absolute atomic E-state index is 0.0268. The molecule has 4 amide bonds. The van der Waals surface area contributed by atoms with E-state index in [1.165, 1.54) is 11.0 Å². The van der Waals surface area contributed by atoms with E-state index in [4.69, 9.17) is 18.9 Å². The van der Waals surface area contributed by atoms with Crippen molar-refractivity contribution >= 4 is 44.6 Å². The number of amides is 4. The standard InChI is InChI=1S/C40H49N5O10S/c1-7-27-21-40(27,37(48)44-56(50,51)30-14-15-30)43-34(46)32-20-29(54-35-31-16-13-28(52-6)19-26(31)17-18-41-35)22-45(32)36(47)33(42-38(49)55-39(3,4)5)24(2)53-23-25-11-9-8-10-12-25/h7-13,16-19,24,27,29-30,32-33H,1,14-15,20-23H2,2-6H3,(H,42,49)(H,43,46)(H,44,48). The van der Waals surface area contributed by atoms with Gasteiger partial charge in [-0.1, -0.05) is 36.4 Å². The zero-order valence-corrected chi connectivity index (χ0v) is 33.0. The second-order valence-electron chi connectivity index (χ2n) is 15.5. The van der Waals surface area contributed by atoms with Crippen LogP contribution < -0.4 is 24.8 Å². The van der Waals surface area contributed by atoms with Crippen molar-refractivity contribution in [1.82, 2.24) is 25.2 Å². The van der Waals surface area contributed by atoms with E-state index in [9.17, 15) is 27.6 Å². The highest BCUT2D eigenvalue weighted by Crippen LogP contribution is 2.45. The number of methoxy groups -OCH3 is 1. The Balaban J connectivity index is 1.30. The minimum atomic E-state index is -3.93. The monoisotopic (exact) mass is 791 g/mol. The quantitative estimate of drug-likeness (QED) is 0.190. The maximum absolute atomic E-state index is 14.7. The van der Waals surface area contributed by atoms with Gasteiger partial charge >= 0.3 is 6.09 Å². The second-order valence-corrected chi connectivity index (χ2v) is 17.5. The number of likely N-dealkylation sites (tertiary alicyclic amines) is 1. The molecule has 6 atom stereocenters. The third-order valence-electron chi connectivity index (χ3n) is 10.1. The van der Waals surface area contributed by atoms with E-state index in [0.717, 1.165) is 10.9 Å². The van der Waals surface area contributed by atoms with Crippen molar-refractivity contribution in [1.29, 1.82) is 0 Å². The average Bonchev–Trinajstić information content (AvgIpc) is 4.09. The Morgan fingerprint density at radius 2 is 1.82 bits per heavy atom. The number of sulfonamides is 1. The van der Waals surface area contributed by atoms with E-state index in [-0.39, 0.29) is 31.9 Å². The van der Waals surface area contributed by atoms with Crippen LogP contribution in [0.4, 0.5) is 4.79 Å². The number of ether oxygens (including phenoxy) is 4. The van der Waals surface area contributed by atoms with Gasteiger partial charge in [-0.15, -0.1) is 6.58 Å². The van der Waals surface area contributed by atoms with Gasteiger partial charge in [-0.2, -0.15) is 0 Å². The highest BCUT2D eigenvalue weighted by Gasteiger charge is 2.62. The van der Waals surface area contributed by atoms with Crippen molar-refractivity contribution in [3.63, 3.8) is 0 Å². The number of fused-ring (bicyclic) bond motifs is 1. The van der Waals surface area contributed by atoms with E-state index in [2.05, 4.69) is 26.9 Å². The van der Waals surface area contributed by atoms with Gasteiger partial charge in [0.15, 0.2) is 0 Å². The summed E-state index contributed by atoms with van der Waals surface area (Å²) in [5, 5.41) is 6.25. The summed E-state index contributed by atoms with van der Waals surface area (Å²) in [6.45, 7) is 10.5. The molecule has 2 saturated carbocycles. The Bertz CT molecular complexity index is 2090. The predicted molar refractivity (Wildman–Crippen MR) is 206 cm³/mol. The smallest absolute Gasteiger partial charge is 0.408 e. The number of carbonyl (C=O) groups excluding carboxylic acids is 4. The number of nitrogens with one attached hydrogen (secondary N) is 3. The van der Waals surface area contributed by atoms with Crippen molar-refractivity contribution in [3.05, 3.63) is 79.0 Å². The molecule has 2 heterocycles. The third kappa shape index (κ3) is 9.24. The van der Waals surface area contributed by atoms with Crippen molar-refractivity contribution < 1.29 is 46.5 Å². The Morgan fingerprint density at radius 3 is 2.46 bits per heavy atom. The van der Waals surface area contributed by atoms with Crippen molar-refractivity contribution in [3.8, 4) is 11.6 Å². The molecule has 0 radical (unpaired) electrons. The fourth-order valence-electron chi connectivity index (χ4n) is 6.79. The first-order valence-corrected chi connectivity index (χ1v) is 20.1. The summed E-state index contributed by atoms with van der Waals surface area (Å²) < 4.78 is 51.1. The lowest BCUT2D eigenvalue weighted by molar-refractivity contribution is -0.144. The molecule has 15 nitrogen and oxygen atoms in total. The van der Waals surface area contributed by atoms with Gasteiger partial charge in [-0.05, 0) is 82.2 Å². The summed E-state index contributed by atoms with van der Waals surface area (Å²) in [7, 11) is -2.37. The lowest BCUT2D eigenvalue weighted by Gasteiger charge is -2.32. The van der Waals surface area contributed by atoms with Crippen LogP contribution in [0, 0.1) is 5.92 Å². The molecule has 300 valence electrons. The summed E-state index contributed by atoms with van der Waals surface area (Å²) in [5.74, 6) is -1.89. The minimum Gasteiger partial charge on any atom is -0.497 e. The van der Waals surface area contributed by atoms with E-state index in [0.29, 0.717) is 24.0 Å². The molecule has 1 saturated heterocycles. The molecule has 3 N–H and O–H groups in total. The highest BCUT2D eigenvalue weighted by atomic mass is 32.2. The topological polar surface area (TPSA) is 192 Å². The zero-order valence-electron chi connectivity index (χ0n) is 32.1. The Kier molecular flexibility index (Phi) is 11.6. The molecule has 16 heteroatoms. The molecule has 1 aliphatic heterocycles. The van der Waals surface area contributed by atoms with Crippen LogP contribution in [0.3, 0.4) is 0 Å². The predicted octanol–water partition coefficient (Wildman–Crippen LogP) is 3.76. The number of carbonyl (C=O) groups is 4. The van der Waals surface area contributed by atoms with Gasteiger partial charge in [-0.3, -0.25) is 19.1 Å². The van der Waals surface area contributed by atoms with Gasteiger partial charge in [0.1, 0.15) is 35.1 Å². The van der Waals surface area contributed by atoms with Crippen LogP contribution in [0.15, 0.2) is 73.4 Å². The van der Waals surface area contributed by atoms with Crippen molar-refractivity contribution in [2.75, 3.05) is 13.7 Å². The van der Waals surface area contributed by atoms with E-state index >= 15 is 0 Å².